The minimum absolute atomic E-state index is 0. The average molecular weight is 90.2 g/mol. The molecule has 0 N–H and O–H groups in total. The average Bonchev–Trinajstić information content (AvgIpc) is 1.46. The fourth-order valence-electron chi connectivity index (χ4n) is 0. The normalized spacial score (nSPS) is 3.67. The van der Waals surface area contributed by atoms with E-state index < -0.39 is 0 Å². The minimum atomic E-state index is 0. The minimum Gasteiger partial charge on any atom is -0.307 e. The molecule has 0 atom stereocenters. The molecule has 0 fully saturated rings. The second-order valence-corrected chi connectivity index (χ2v) is 0.707. The Bertz CT molecular complexity index is 7.90. The zero-order valence-electron chi connectivity index (χ0n) is 3.82. The molecule has 0 heterocycles. The van der Waals surface area contributed by atoms with Crippen LogP contribution in [0, 0.1) is 0 Å². The van der Waals surface area contributed by atoms with Crippen LogP contribution < -0.4 is 0 Å². The Balaban J connectivity index is -0.0000000275. The Morgan fingerprint density at radius 1 is 1.33 bits per heavy atom. The van der Waals surface area contributed by atoms with Crippen molar-refractivity contribution in [2.45, 2.75) is 27.7 Å². The standard InChI is InChI=1S/C3H8.CH2O.CH4/c1-3-2;1-2;/h3H2,1-2H3;1H2;1H4. The van der Waals surface area contributed by atoms with Gasteiger partial charge in [0.1, 0.15) is 6.79 Å². The molecule has 0 aliphatic heterocycles. The maximum Gasteiger partial charge on any atom is 0.106 e. The van der Waals surface area contributed by atoms with Gasteiger partial charge in [-0.1, -0.05) is 27.7 Å². The molecule has 0 bridgehead atoms. The Hall–Kier alpha value is -0.330. The van der Waals surface area contributed by atoms with Crippen molar-refractivity contribution in [3.63, 3.8) is 0 Å². The van der Waals surface area contributed by atoms with Gasteiger partial charge in [-0.2, -0.15) is 0 Å². The van der Waals surface area contributed by atoms with Crippen molar-refractivity contribution in [3.05, 3.63) is 0 Å². The number of carbonyl (C=O) groups excluding carboxylic acids is 1. The molecule has 0 radical (unpaired) electrons. The van der Waals surface area contributed by atoms with Gasteiger partial charge in [0.05, 0.1) is 0 Å². The van der Waals surface area contributed by atoms with Gasteiger partial charge in [0.15, 0.2) is 0 Å². The first-order valence-electron chi connectivity index (χ1n) is 1.70. The lowest BCUT2D eigenvalue weighted by molar-refractivity contribution is -0.0979. The molecular weight excluding hydrogens is 76.1 g/mol. The summed E-state index contributed by atoms with van der Waals surface area (Å²) in [6, 6.07) is 0. The van der Waals surface area contributed by atoms with E-state index in [4.69, 9.17) is 4.79 Å². The monoisotopic (exact) mass is 90.1 g/mol. The van der Waals surface area contributed by atoms with E-state index in [1.165, 1.54) is 6.42 Å². The summed E-state index contributed by atoms with van der Waals surface area (Å²) >= 11 is 0. The van der Waals surface area contributed by atoms with Gasteiger partial charge in [0, 0.05) is 0 Å². The smallest absolute Gasteiger partial charge is 0.106 e. The van der Waals surface area contributed by atoms with E-state index in [0.717, 1.165) is 0 Å². The van der Waals surface area contributed by atoms with Crippen LogP contribution in [0.4, 0.5) is 0 Å². The van der Waals surface area contributed by atoms with Crippen molar-refractivity contribution in [2.24, 2.45) is 0 Å². The van der Waals surface area contributed by atoms with Gasteiger partial charge in [0.25, 0.3) is 0 Å². The van der Waals surface area contributed by atoms with Gasteiger partial charge in [-0.3, -0.25) is 0 Å². The van der Waals surface area contributed by atoms with Crippen LogP contribution in [-0.2, 0) is 4.79 Å². The molecule has 6 heavy (non-hydrogen) atoms. The van der Waals surface area contributed by atoms with Crippen LogP contribution in [0.1, 0.15) is 27.7 Å². The van der Waals surface area contributed by atoms with Crippen LogP contribution in [0.3, 0.4) is 0 Å². The second-order valence-electron chi connectivity index (χ2n) is 0.707. The van der Waals surface area contributed by atoms with E-state index in [2.05, 4.69) is 13.8 Å². The van der Waals surface area contributed by atoms with E-state index in [0.29, 0.717) is 0 Å². The third kappa shape index (κ3) is 240. The van der Waals surface area contributed by atoms with Crippen LogP contribution in [-0.4, -0.2) is 6.79 Å². The highest BCUT2D eigenvalue weighted by molar-refractivity contribution is 5.10. The predicted molar refractivity (Wildman–Crippen MR) is 29.8 cm³/mol. The lowest BCUT2D eigenvalue weighted by Crippen LogP contribution is -1.27. The fourth-order valence-corrected chi connectivity index (χ4v) is 0. The zero-order valence-corrected chi connectivity index (χ0v) is 3.82. The lowest BCUT2D eigenvalue weighted by Gasteiger charge is -1.48. The topological polar surface area (TPSA) is 17.1 Å². The molecule has 0 aromatic heterocycles. The molecule has 0 aromatic rings. The maximum atomic E-state index is 8.00. The zero-order chi connectivity index (χ0) is 4.71. The number of hydrogen-bond acceptors (Lipinski definition) is 1. The van der Waals surface area contributed by atoms with Crippen LogP contribution in [0.25, 0.3) is 0 Å². The van der Waals surface area contributed by atoms with Crippen LogP contribution in [0.2, 0.25) is 0 Å². The Labute approximate surface area is 40.4 Å². The molecule has 0 aromatic carbocycles. The first-order valence-corrected chi connectivity index (χ1v) is 1.70. The summed E-state index contributed by atoms with van der Waals surface area (Å²) in [5, 5.41) is 0. The first kappa shape index (κ1) is 17.3. The summed E-state index contributed by atoms with van der Waals surface area (Å²) < 4.78 is 0. The molecule has 40 valence electrons. The second kappa shape index (κ2) is 140. The SMILES string of the molecule is C.C=O.CCC. The van der Waals surface area contributed by atoms with Crippen LogP contribution in [0.5, 0.6) is 0 Å². The van der Waals surface area contributed by atoms with E-state index in [1.807, 2.05) is 6.79 Å². The van der Waals surface area contributed by atoms with Crippen molar-refractivity contribution >= 4 is 6.79 Å². The summed E-state index contributed by atoms with van der Waals surface area (Å²) in [5.74, 6) is 0. The third-order valence-corrected chi connectivity index (χ3v) is 0. The predicted octanol–water partition coefficient (Wildman–Crippen LogP) is 1.87. The van der Waals surface area contributed by atoms with Gasteiger partial charge in [0.2, 0.25) is 0 Å². The van der Waals surface area contributed by atoms with Gasteiger partial charge in [-0.15, -0.1) is 0 Å². The van der Waals surface area contributed by atoms with Gasteiger partial charge < -0.3 is 4.79 Å². The molecule has 0 amide bonds. The molecule has 1 nitrogen and oxygen atoms in total. The Morgan fingerprint density at radius 3 is 1.33 bits per heavy atom. The van der Waals surface area contributed by atoms with Crippen molar-refractivity contribution in [1.29, 1.82) is 0 Å². The molecule has 0 unspecified atom stereocenters. The maximum absolute atomic E-state index is 8.00. The largest absolute Gasteiger partial charge is 0.307 e. The molecule has 0 aliphatic carbocycles. The van der Waals surface area contributed by atoms with E-state index in [1.54, 1.807) is 0 Å². The van der Waals surface area contributed by atoms with Crippen molar-refractivity contribution in [3.8, 4) is 0 Å². The van der Waals surface area contributed by atoms with Gasteiger partial charge >= 0.3 is 0 Å². The van der Waals surface area contributed by atoms with Crippen molar-refractivity contribution in [2.75, 3.05) is 0 Å². The van der Waals surface area contributed by atoms with E-state index >= 15 is 0 Å². The summed E-state index contributed by atoms with van der Waals surface area (Å²) in [5.41, 5.74) is 0. The third-order valence-electron chi connectivity index (χ3n) is 0. The molecule has 0 spiro atoms. The van der Waals surface area contributed by atoms with Crippen LogP contribution >= 0.6 is 0 Å². The molecule has 0 rings (SSSR count). The highest BCUT2D eigenvalue weighted by Crippen LogP contribution is 1.56. The van der Waals surface area contributed by atoms with Gasteiger partial charge in [-0.05, 0) is 0 Å². The summed E-state index contributed by atoms with van der Waals surface area (Å²) in [6.07, 6.45) is 1.25. The Morgan fingerprint density at radius 2 is 1.33 bits per heavy atom. The van der Waals surface area contributed by atoms with Crippen molar-refractivity contribution < 1.29 is 4.79 Å². The lowest BCUT2D eigenvalue weighted by atomic mass is 10.6. The summed E-state index contributed by atoms with van der Waals surface area (Å²) in [7, 11) is 0. The summed E-state index contributed by atoms with van der Waals surface area (Å²) in [6.45, 7) is 6.25. The van der Waals surface area contributed by atoms with Crippen molar-refractivity contribution in [1.82, 2.24) is 0 Å². The quantitative estimate of drug-likeness (QED) is 0.443. The Kier molecular flexibility index (Phi) is 405. The molecule has 0 aliphatic rings. The highest BCUT2D eigenvalue weighted by Gasteiger charge is 1.35. The molecule has 1 heteroatoms. The molecule has 0 saturated carbocycles. The van der Waals surface area contributed by atoms with E-state index in [-0.39, 0.29) is 7.43 Å². The summed E-state index contributed by atoms with van der Waals surface area (Å²) in [4.78, 5) is 8.00. The number of hydrogen-bond donors (Lipinski definition) is 0. The van der Waals surface area contributed by atoms with Crippen LogP contribution in [0.15, 0.2) is 0 Å². The number of rotatable bonds is 0. The van der Waals surface area contributed by atoms with E-state index in [9.17, 15) is 0 Å². The van der Waals surface area contributed by atoms with Gasteiger partial charge in [-0.25, -0.2) is 0 Å². The molecular formula is C5H14O. The highest BCUT2D eigenvalue weighted by atomic mass is 16.1. The molecule has 0 saturated heterocycles. The fraction of sp³-hybridized carbons (Fsp3) is 0.800. The number of carbonyl (C=O) groups is 1. The first-order chi connectivity index (χ1) is 2.41.